The van der Waals surface area contributed by atoms with Gasteiger partial charge in [0.25, 0.3) is 10.0 Å². The predicted octanol–water partition coefficient (Wildman–Crippen LogP) is 4.14. The first kappa shape index (κ1) is 26.4. The number of rotatable bonds is 9. The highest BCUT2D eigenvalue weighted by Crippen LogP contribution is 2.36. The summed E-state index contributed by atoms with van der Waals surface area (Å²) in [6, 6.07) is 10.8. The molecule has 0 spiro atoms. The summed E-state index contributed by atoms with van der Waals surface area (Å²) in [5.74, 6) is -0.0119. The Morgan fingerprint density at radius 2 is 1.89 bits per heavy atom. The summed E-state index contributed by atoms with van der Waals surface area (Å²) in [5, 5.41) is 1.98. The van der Waals surface area contributed by atoms with Crippen molar-refractivity contribution < 1.29 is 22.7 Å². The van der Waals surface area contributed by atoms with Gasteiger partial charge in [0.2, 0.25) is 0 Å². The molecule has 2 aromatic carbocycles. The van der Waals surface area contributed by atoms with Crippen LogP contribution in [0.25, 0.3) is 0 Å². The Kier molecular flexibility index (Phi) is 8.22. The third-order valence-corrected chi connectivity index (χ3v) is 8.60. The number of esters is 1. The molecule has 0 bridgehead atoms. The van der Waals surface area contributed by atoms with Crippen molar-refractivity contribution >= 4 is 27.4 Å². The van der Waals surface area contributed by atoms with E-state index in [1.165, 1.54) is 17.5 Å². The second kappa shape index (κ2) is 11.2. The van der Waals surface area contributed by atoms with Crippen molar-refractivity contribution in [1.82, 2.24) is 5.43 Å². The maximum atomic E-state index is 14.0. The maximum Gasteiger partial charge on any atom is 0.340 e. The fourth-order valence-corrected chi connectivity index (χ4v) is 6.54. The third-order valence-electron chi connectivity index (χ3n) is 6.83. The van der Waals surface area contributed by atoms with Gasteiger partial charge in [-0.15, -0.1) is 0 Å². The fourth-order valence-electron chi connectivity index (χ4n) is 4.84. The highest BCUT2D eigenvalue weighted by Gasteiger charge is 2.33. The van der Waals surface area contributed by atoms with Crippen LogP contribution in [0.5, 0.6) is 0 Å². The van der Waals surface area contributed by atoms with Crippen LogP contribution in [-0.2, 0) is 32.5 Å². The maximum absolute atomic E-state index is 14.0. The number of benzene rings is 2. The Hall–Kier alpha value is -2.62. The van der Waals surface area contributed by atoms with Gasteiger partial charge in [0.15, 0.2) is 0 Å². The van der Waals surface area contributed by atoms with Gasteiger partial charge in [-0.1, -0.05) is 32.9 Å². The minimum Gasteiger partial charge on any atom is -0.465 e. The van der Waals surface area contributed by atoms with Crippen LogP contribution in [-0.4, -0.2) is 47.8 Å². The molecule has 8 nitrogen and oxygen atoms in total. The largest absolute Gasteiger partial charge is 0.465 e. The number of sulfonamides is 1. The topological polar surface area (TPSA) is 88.2 Å². The molecule has 0 amide bonds. The van der Waals surface area contributed by atoms with Crippen molar-refractivity contribution in [2.24, 2.45) is 11.8 Å². The molecule has 0 unspecified atom stereocenters. The van der Waals surface area contributed by atoms with Crippen LogP contribution in [0.15, 0.2) is 41.3 Å². The number of hydrogen-bond acceptors (Lipinski definition) is 7. The van der Waals surface area contributed by atoms with Gasteiger partial charge < -0.3 is 14.5 Å². The molecular formula is C27H37N3O5S. The molecule has 1 fully saturated rings. The summed E-state index contributed by atoms with van der Waals surface area (Å²) in [7, 11) is -2.62. The number of hydrogen-bond donors (Lipinski definition) is 1. The molecule has 4 rings (SSSR count). The Balaban J connectivity index is 1.74. The predicted molar refractivity (Wildman–Crippen MR) is 141 cm³/mol. The van der Waals surface area contributed by atoms with Gasteiger partial charge >= 0.3 is 5.97 Å². The van der Waals surface area contributed by atoms with Gasteiger partial charge in [0.1, 0.15) is 0 Å². The molecule has 0 radical (unpaired) electrons. The summed E-state index contributed by atoms with van der Waals surface area (Å²) in [6.07, 6.45) is 2.78. The monoisotopic (exact) mass is 515 g/mol. The fraction of sp³-hybridized carbons (Fsp3) is 0.519. The van der Waals surface area contributed by atoms with E-state index in [1.54, 1.807) is 6.07 Å². The lowest BCUT2D eigenvalue weighted by molar-refractivity contribution is 0.0599. The average molecular weight is 516 g/mol. The number of methoxy groups -OCH3 is 1. The zero-order valence-corrected chi connectivity index (χ0v) is 22.4. The van der Waals surface area contributed by atoms with Crippen LogP contribution in [0.1, 0.15) is 55.1 Å². The summed E-state index contributed by atoms with van der Waals surface area (Å²) in [4.78, 5) is 13.0. The lowest BCUT2D eigenvalue weighted by atomic mass is 9.99. The highest BCUT2D eigenvalue weighted by molar-refractivity contribution is 7.92. The molecule has 36 heavy (non-hydrogen) atoms. The first-order valence-corrected chi connectivity index (χ1v) is 14.1. The van der Waals surface area contributed by atoms with Gasteiger partial charge in [-0.25, -0.2) is 18.6 Å². The Morgan fingerprint density at radius 1 is 1.19 bits per heavy atom. The lowest BCUT2D eigenvalue weighted by Crippen LogP contribution is -2.39. The number of carbonyl (C=O) groups is 1. The van der Waals surface area contributed by atoms with E-state index < -0.39 is 16.0 Å². The van der Waals surface area contributed by atoms with Crippen molar-refractivity contribution in [2.45, 2.75) is 51.5 Å². The van der Waals surface area contributed by atoms with Gasteiger partial charge in [-0.05, 0) is 66.5 Å². The van der Waals surface area contributed by atoms with Crippen molar-refractivity contribution in [3.8, 4) is 0 Å². The first-order chi connectivity index (χ1) is 17.2. The third kappa shape index (κ3) is 5.53. The van der Waals surface area contributed by atoms with Gasteiger partial charge in [0.05, 0.1) is 28.9 Å². The van der Waals surface area contributed by atoms with Crippen LogP contribution in [0, 0.1) is 11.8 Å². The second-order valence-electron chi connectivity index (χ2n) is 9.92. The summed E-state index contributed by atoms with van der Waals surface area (Å²) in [5.41, 5.74) is 6.84. The van der Waals surface area contributed by atoms with Gasteiger partial charge in [-0.3, -0.25) is 4.31 Å². The number of carbonyl (C=O) groups excluding carboxylic acids is 1. The number of fused-ring (bicyclic) bond motifs is 1. The van der Waals surface area contributed by atoms with Crippen LogP contribution in [0.4, 0.5) is 11.4 Å². The number of anilines is 2. The van der Waals surface area contributed by atoms with Crippen LogP contribution in [0.2, 0.25) is 0 Å². The smallest absolute Gasteiger partial charge is 0.340 e. The van der Waals surface area contributed by atoms with Crippen molar-refractivity contribution in [3.63, 3.8) is 0 Å². The highest BCUT2D eigenvalue weighted by atomic mass is 32.2. The normalized spacial score (nSPS) is 16.3. The van der Waals surface area contributed by atoms with E-state index in [2.05, 4.69) is 12.3 Å². The SMILES string of the molecule is CCc1ccc(N(CC(C)C)S(=O)(=O)c2cc3c(c(C(=O)OC)c2)N(CC2CCOCC2)NC3)cc1. The molecule has 1 saturated heterocycles. The number of aryl methyl sites for hydroxylation is 1. The van der Waals surface area contributed by atoms with Crippen molar-refractivity contribution in [3.05, 3.63) is 53.1 Å². The molecular weight excluding hydrogens is 478 g/mol. The van der Waals surface area contributed by atoms with Gasteiger partial charge in [0, 0.05) is 32.8 Å². The zero-order chi connectivity index (χ0) is 25.9. The molecule has 196 valence electrons. The molecule has 1 N–H and O–H groups in total. The van der Waals surface area contributed by atoms with E-state index in [0.717, 1.165) is 50.1 Å². The molecule has 0 aromatic heterocycles. The molecule has 2 heterocycles. The Bertz CT molecular complexity index is 1170. The number of nitrogens with one attached hydrogen (secondary N) is 1. The standard InChI is InChI=1S/C27H37N3O5S/c1-5-20-6-8-23(9-7-20)30(17-19(2)3)36(32,33)24-14-22-16-28-29(18-21-10-12-35-13-11-21)26(22)25(15-24)27(31)34-4/h6-9,14-15,19,21,28H,5,10-13,16-18H2,1-4H3. The average Bonchev–Trinajstić information content (AvgIpc) is 3.29. The second-order valence-corrected chi connectivity index (χ2v) is 11.8. The zero-order valence-electron chi connectivity index (χ0n) is 21.6. The van der Waals surface area contributed by atoms with Crippen molar-refractivity contribution in [1.29, 1.82) is 0 Å². The number of nitrogens with zero attached hydrogens (tertiary/aromatic N) is 2. The molecule has 2 aromatic rings. The van der Waals surface area contributed by atoms with Crippen LogP contribution < -0.4 is 14.7 Å². The van der Waals surface area contributed by atoms with E-state index in [1.807, 2.05) is 43.1 Å². The van der Waals surface area contributed by atoms with Crippen LogP contribution >= 0.6 is 0 Å². The summed E-state index contributed by atoms with van der Waals surface area (Å²) >= 11 is 0. The first-order valence-electron chi connectivity index (χ1n) is 12.7. The quantitative estimate of drug-likeness (QED) is 0.502. The molecule has 2 aliphatic rings. The molecule has 0 atom stereocenters. The summed E-state index contributed by atoms with van der Waals surface area (Å²) < 4.78 is 40.0. The number of hydrazine groups is 1. The van der Waals surface area contributed by atoms with Gasteiger partial charge in [-0.2, -0.15) is 0 Å². The molecule has 2 aliphatic heterocycles. The molecule has 9 heteroatoms. The Labute approximate surface area is 214 Å². The Morgan fingerprint density at radius 3 is 2.50 bits per heavy atom. The molecule has 0 aliphatic carbocycles. The van der Waals surface area contributed by atoms with E-state index in [-0.39, 0.29) is 16.4 Å². The number of ether oxygens (including phenoxy) is 2. The summed E-state index contributed by atoms with van der Waals surface area (Å²) in [6.45, 7) is 9.00. The van der Waals surface area contributed by atoms with E-state index in [9.17, 15) is 13.2 Å². The minimum atomic E-state index is -3.94. The van der Waals surface area contributed by atoms with Crippen LogP contribution in [0.3, 0.4) is 0 Å². The van der Waals surface area contributed by atoms with Crippen molar-refractivity contribution in [2.75, 3.05) is 42.7 Å². The minimum absolute atomic E-state index is 0.0941. The molecule has 0 saturated carbocycles. The van der Waals surface area contributed by atoms with E-state index in [0.29, 0.717) is 30.4 Å². The lowest BCUT2D eigenvalue weighted by Gasteiger charge is -2.29. The van der Waals surface area contributed by atoms with E-state index in [4.69, 9.17) is 9.47 Å². The van der Waals surface area contributed by atoms with E-state index >= 15 is 0 Å².